The molecule has 0 spiro atoms. The molecule has 1 saturated carbocycles. The summed E-state index contributed by atoms with van der Waals surface area (Å²) < 4.78 is 0.948. The Bertz CT molecular complexity index is 774. The second-order valence-electron chi connectivity index (χ2n) is 6.51. The Kier molecular flexibility index (Phi) is 3.07. The van der Waals surface area contributed by atoms with E-state index in [0.717, 1.165) is 33.9 Å². The lowest BCUT2D eigenvalue weighted by atomic mass is 9.88. The van der Waals surface area contributed by atoms with Crippen LogP contribution in [-0.2, 0) is 0 Å². The Labute approximate surface area is 137 Å². The van der Waals surface area contributed by atoms with Crippen LogP contribution in [0.4, 0.5) is 0 Å². The lowest BCUT2D eigenvalue weighted by molar-refractivity contribution is -0.0957. The smallest absolute Gasteiger partial charge is 0.254 e. The number of carbonyl (C=O) groups is 1. The summed E-state index contributed by atoms with van der Waals surface area (Å²) in [7, 11) is 0. The van der Waals surface area contributed by atoms with Gasteiger partial charge in [-0.15, -0.1) is 0 Å². The second kappa shape index (κ2) is 4.77. The lowest BCUT2D eigenvalue weighted by Gasteiger charge is -2.47. The van der Waals surface area contributed by atoms with Crippen LogP contribution in [0.2, 0.25) is 0 Å². The molecule has 1 aromatic heterocycles. The number of fused-ring (bicyclic) bond motifs is 1. The van der Waals surface area contributed by atoms with E-state index in [1.54, 1.807) is 4.90 Å². The molecule has 4 nitrogen and oxygen atoms in total. The van der Waals surface area contributed by atoms with Crippen LogP contribution in [0.25, 0.3) is 10.9 Å². The summed E-state index contributed by atoms with van der Waals surface area (Å²) in [6.45, 7) is 2.81. The van der Waals surface area contributed by atoms with E-state index in [1.807, 2.05) is 31.2 Å². The highest BCUT2D eigenvalue weighted by atomic mass is 79.9. The highest BCUT2D eigenvalue weighted by molar-refractivity contribution is 9.10. The predicted molar refractivity (Wildman–Crippen MR) is 87.8 cm³/mol. The molecule has 0 bridgehead atoms. The van der Waals surface area contributed by atoms with Crippen molar-refractivity contribution in [1.82, 2.24) is 9.88 Å². The minimum atomic E-state index is -0.642. The average Bonchev–Trinajstić information content (AvgIpc) is 3.26. The SMILES string of the molecule is Cc1cc(C(=O)N2CC(O)(C3CC3)C2)c2ccc(Br)cc2n1. The van der Waals surface area contributed by atoms with Crippen molar-refractivity contribution in [2.24, 2.45) is 5.92 Å². The first kappa shape index (κ1) is 14.2. The van der Waals surface area contributed by atoms with Crippen molar-refractivity contribution >= 4 is 32.7 Å². The number of benzene rings is 1. The molecule has 0 atom stereocenters. The van der Waals surface area contributed by atoms with Crippen LogP contribution < -0.4 is 0 Å². The number of amides is 1. The maximum Gasteiger partial charge on any atom is 0.254 e. The molecule has 4 rings (SSSR count). The van der Waals surface area contributed by atoms with E-state index in [1.165, 1.54) is 0 Å². The molecular weight excluding hydrogens is 344 g/mol. The van der Waals surface area contributed by atoms with Crippen LogP contribution in [0.15, 0.2) is 28.7 Å². The Morgan fingerprint density at radius 2 is 2.09 bits per heavy atom. The van der Waals surface area contributed by atoms with E-state index >= 15 is 0 Å². The molecule has 2 heterocycles. The van der Waals surface area contributed by atoms with E-state index in [-0.39, 0.29) is 5.91 Å². The van der Waals surface area contributed by atoms with Crippen molar-refractivity contribution < 1.29 is 9.90 Å². The van der Waals surface area contributed by atoms with E-state index in [4.69, 9.17) is 0 Å². The van der Waals surface area contributed by atoms with Gasteiger partial charge in [0.25, 0.3) is 5.91 Å². The Morgan fingerprint density at radius 3 is 2.77 bits per heavy atom. The minimum Gasteiger partial charge on any atom is -0.386 e. The van der Waals surface area contributed by atoms with Crippen molar-refractivity contribution in [3.63, 3.8) is 0 Å². The number of halogens is 1. The van der Waals surface area contributed by atoms with Gasteiger partial charge in [-0.05, 0) is 43.9 Å². The normalized spacial score (nSPS) is 20.0. The molecule has 2 fully saturated rings. The fourth-order valence-electron chi connectivity index (χ4n) is 3.32. The molecule has 1 aliphatic heterocycles. The highest BCUT2D eigenvalue weighted by Gasteiger charge is 2.53. The van der Waals surface area contributed by atoms with Gasteiger partial charge in [-0.1, -0.05) is 22.0 Å². The van der Waals surface area contributed by atoms with E-state index < -0.39 is 5.60 Å². The van der Waals surface area contributed by atoms with Gasteiger partial charge >= 0.3 is 0 Å². The molecule has 114 valence electrons. The third-order valence-corrected chi connectivity index (χ3v) is 5.18. The molecule has 22 heavy (non-hydrogen) atoms. The summed E-state index contributed by atoms with van der Waals surface area (Å²) in [5.41, 5.74) is 1.67. The first-order valence-electron chi connectivity index (χ1n) is 7.55. The van der Waals surface area contributed by atoms with Crippen LogP contribution in [0.3, 0.4) is 0 Å². The van der Waals surface area contributed by atoms with Crippen molar-refractivity contribution in [3.8, 4) is 0 Å². The fourth-order valence-corrected chi connectivity index (χ4v) is 3.67. The van der Waals surface area contributed by atoms with Gasteiger partial charge in [0, 0.05) is 15.6 Å². The van der Waals surface area contributed by atoms with Crippen LogP contribution in [0.1, 0.15) is 28.9 Å². The standard InChI is InChI=1S/C17H17BrN2O2/c1-10-6-14(13-5-4-12(18)7-15(13)19-10)16(21)20-8-17(22,9-20)11-2-3-11/h4-7,11,22H,2-3,8-9H2,1H3. The number of β-amino-alcohol motifs (C(OH)–C–C–N with tert-alkyl or cyclic N) is 1. The van der Waals surface area contributed by atoms with Gasteiger partial charge in [0.2, 0.25) is 0 Å². The van der Waals surface area contributed by atoms with E-state index in [0.29, 0.717) is 24.6 Å². The third-order valence-electron chi connectivity index (χ3n) is 4.68. The van der Waals surface area contributed by atoms with Crippen LogP contribution >= 0.6 is 15.9 Å². The average molecular weight is 361 g/mol. The van der Waals surface area contributed by atoms with Gasteiger partial charge in [0.15, 0.2) is 0 Å². The summed E-state index contributed by atoms with van der Waals surface area (Å²) in [6.07, 6.45) is 2.17. The number of aryl methyl sites for hydroxylation is 1. The van der Waals surface area contributed by atoms with Gasteiger partial charge in [-0.25, -0.2) is 0 Å². The predicted octanol–water partition coefficient (Wildman–Crippen LogP) is 2.90. The molecule has 0 unspecified atom stereocenters. The topological polar surface area (TPSA) is 53.4 Å². The summed E-state index contributed by atoms with van der Waals surface area (Å²) in [5, 5.41) is 11.3. The zero-order valence-electron chi connectivity index (χ0n) is 12.3. The molecule has 1 N–H and O–H groups in total. The minimum absolute atomic E-state index is 0.0110. The number of pyridine rings is 1. The molecule has 2 aromatic rings. The highest BCUT2D eigenvalue weighted by Crippen LogP contribution is 2.45. The number of nitrogens with zero attached hydrogens (tertiary/aromatic N) is 2. The zero-order chi connectivity index (χ0) is 15.5. The third kappa shape index (κ3) is 2.23. The maximum atomic E-state index is 12.8. The van der Waals surface area contributed by atoms with Gasteiger partial charge < -0.3 is 10.0 Å². The zero-order valence-corrected chi connectivity index (χ0v) is 13.9. The number of likely N-dealkylation sites (tertiary alicyclic amines) is 1. The lowest BCUT2D eigenvalue weighted by Crippen LogP contribution is -2.64. The Morgan fingerprint density at radius 1 is 1.36 bits per heavy atom. The molecule has 0 radical (unpaired) electrons. The Hall–Kier alpha value is -1.46. The van der Waals surface area contributed by atoms with Gasteiger partial charge in [0.1, 0.15) is 5.60 Å². The van der Waals surface area contributed by atoms with Gasteiger partial charge in [0.05, 0.1) is 24.2 Å². The summed E-state index contributed by atoms with van der Waals surface area (Å²) in [4.78, 5) is 19.0. The quantitative estimate of drug-likeness (QED) is 0.895. The van der Waals surface area contributed by atoms with Gasteiger partial charge in [-0.2, -0.15) is 0 Å². The molecular formula is C17H17BrN2O2. The number of hydrogen-bond acceptors (Lipinski definition) is 3. The molecule has 1 saturated heterocycles. The monoisotopic (exact) mass is 360 g/mol. The summed E-state index contributed by atoms with van der Waals surface area (Å²) >= 11 is 3.44. The Balaban J connectivity index is 1.67. The van der Waals surface area contributed by atoms with Crippen molar-refractivity contribution in [2.45, 2.75) is 25.4 Å². The van der Waals surface area contributed by atoms with Crippen LogP contribution in [-0.4, -0.2) is 39.6 Å². The number of hydrogen-bond donors (Lipinski definition) is 1. The largest absolute Gasteiger partial charge is 0.386 e. The first-order valence-corrected chi connectivity index (χ1v) is 8.34. The number of aromatic nitrogens is 1. The fraction of sp³-hybridized carbons (Fsp3) is 0.412. The summed E-state index contributed by atoms with van der Waals surface area (Å²) in [6, 6.07) is 7.61. The molecule has 1 aliphatic carbocycles. The summed E-state index contributed by atoms with van der Waals surface area (Å²) in [5.74, 6) is 0.381. The molecule has 5 heteroatoms. The maximum absolute atomic E-state index is 12.8. The van der Waals surface area contributed by atoms with Crippen molar-refractivity contribution in [2.75, 3.05) is 13.1 Å². The molecule has 2 aliphatic rings. The van der Waals surface area contributed by atoms with Gasteiger partial charge in [-0.3, -0.25) is 9.78 Å². The second-order valence-corrected chi connectivity index (χ2v) is 7.43. The van der Waals surface area contributed by atoms with E-state index in [2.05, 4.69) is 20.9 Å². The van der Waals surface area contributed by atoms with Crippen LogP contribution in [0, 0.1) is 12.8 Å². The van der Waals surface area contributed by atoms with E-state index in [9.17, 15) is 9.90 Å². The molecule has 1 aromatic carbocycles. The number of carbonyl (C=O) groups excluding carboxylic acids is 1. The first-order chi connectivity index (χ1) is 10.5. The van der Waals surface area contributed by atoms with Crippen molar-refractivity contribution in [1.29, 1.82) is 0 Å². The number of rotatable bonds is 2. The van der Waals surface area contributed by atoms with Crippen LogP contribution in [0.5, 0.6) is 0 Å². The number of aliphatic hydroxyl groups is 1. The molecule has 1 amide bonds. The van der Waals surface area contributed by atoms with Crippen molar-refractivity contribution in [3.05, 3.63) is 40.0 Å².